The van der Waals surface area contributed by atoms with Gasteiger partial charge in [0.05, 0.1) is 0 Å². The average molecular weight is 288 g/mol. The van der Waals surface area contributed by atoms with Gasteiger partial charge in [0.15, 0.2) is 5.78 Å². The fraction of sp³-hybridized carbons (Fsp3) is 0. The van der Waals surface area contributed by atoms with E-state index in [4.69, 9.17) is 0 Å². The molecule has 0 aliphatic rings. The Kier molecular flexibility index (Phi) is 6.01. The van der Waals surface area contributed by atoms with Gasteiger partial charge >= 0.3 is 58.4 Å². The van der Waals surface area contributed by atoms with Crippen molar-refractivity contribution in [3.8, 4) is 0 Å². The molecule has 0 atom stereocenters. The molecule has 0 aromatic heterocycles. The van der Waals surface area contributed by atoms with Crippen LogP contribution in [-0.2, 0) is 0 Å². The van der Waals surface area contributed by atoms with E-state index < -0.39 is 12.4 Å². The molecule has 0 N–H and O–H groups in total. The van der Waals surface area contributed by atoms with E-state index in [1.165, 1.54) is 12.1 Å². The molecule has 2 aromatic carbocycles. The normalized spacial score (nSPS) is 10.7. The largest absolute Gasteiger partial charge is 1.00 e. The van der Waals surface area contributed by atoms with Gasteiger partial charge in [0.2, 0.25) is 0 Å². The molecule has 0 unspecified atom stereocenters. The maximum absolute atomic E-state index is 12.4. The van der Waals surface area contributed by atoms with Crippen molar-refractivity contribution >= 4 is 18.2 Å². The third kappa shape index (κ3) is 4.29. The standard InChI is InChI=1S/C13H9BF3O.K/c15-14(16,17)12-8-6-11(7-9-12)13(18)10-4-2-1-3-5-10;/h1-9H;/q-1;+1. The van der Waals surface area contributed by atoms with E-state index in [1.54, 1.807) is 30.3 Å². The summed E-state index contributed by atoms with van der Waals surface area (Å²) in [7, 11) is 0. The fourth-order valence-electron chi connectivity index (χ4n) is 1.61. The van der Waals surface area contributed by atoms with Crippen LogP contribution < -0.4 is 56.8 Å². The van der Waals surface area contributed by atoms with Crippen LogP contribution in [0.4, 0.5) is 12.9 Å². The van der Waals surface area contributed by atoms with E-state index in [0.717, 1.165) is 12.1 Å². The van der Waals surface area contributed by atoms with Crippen LogP contribution in [-0.4, -0.2) is 12.8 Å². The van der Waals surface area contributed by atoms with E-state index >= 15 is 0 Å². The molecule has 0 heterocycles. The fourth-order valence-corrected chi connectivity index (χ4v) is 1.61. The molecule has 0 saturated carbocycles. The van der Waals surface area contributed by atoms with Crippen LogP contribution in [0.15, 0.2) is 54.6 Å². The number of halogens is 3. The summed E-state index contributed by atoms with van der Waals surface area (Å²) >= 11 is 0. The van der Waals surface area contributed by atoms with Crippen LogP contribution in [0.5, 0.6) is 0 Å². The van der Waals surface area contributed by atoms with Gasteiger partial charge in [-0.3, -0.25) is 4.79 Å². The zero-order chi connectivity index (χ0) is 13.2. The molecule has 0 spiro atoms. The van der Waals surface area contributed by atoms with Gasteiger partial charge in [0.1, 0.15) is 0 Å². The van der Waals surface area contributed by atoms with Gasteiger partial charge in [-0.25, -0.2) is 0 Å². The molecule has 0 fully saturated rings. The molecule has 0 saturated heterocycles. The van der Waals surface area contributed by atoms with E-state index in [0.29, 0.717) is 5.56 Å². The van der Waals surface area contributed by atoms with Crippen molar-refractivity contribution < 1.29 is 69.1 Å². The Morgan fingerprint density at radius 1 is 0.789 bits per heavy atom. The minimum Gasteiger partial charge on any atom is -0.445 e. The molecule has 0 aliphatic carbocycles. The van der Waals surface area contributed by atoms with Crippen molar-refractivity contribution in [2.75, 3.05) is 0 Å². The molecule has 2 rings (SSSR count). The predicted octanol–water partition coefficient (Wildman–Crippen LogP) is -0.0240. The summed E-state index contributed by atoms with van der Waals surface area (Å²) in [4.78, 5) is 11.9. The molecular formula is C13H9BF3KO. The summed E-state index contributed by atoms with van der Waals surface area (Å²) in [6, 6.07) is 12.7. The van der Waals surface area contributed by atoms with Gasteiger partial charge < -0.3 is 12.9 Å². The van der Waals surface area contributed by atoms with Crippen molar-refractivity contribution in [3.63, 3.8) is 0 Å². The number of rotatable bonds is 3. The van der Waals surface area contributed by atoms with E-state index in [9.17, 15) is 17.7 Å². The summed E-state index contributed by atoms with van der Waals surface area (Å²) in [6.45, 7) is -5.01. The maximum Gasteiger partial charge on any atom is 1.00 e. The molecule has 0 aliphatic heterocycles. The Morgan fingerprint density at radius 2 is 1.26 bits per heavy atom. The topological polar surface area (TPSA) is 17.1 Å². The van der Waals surface area contributed by atoms with Crippen LogP contribution in [0.25, 0.3) is 0 Å². The molecule has 19 heavy (non-hydrogen) atoms. The predicted molar refractivity (Wildman–Crippen MR) is 65.0 cm³/mol. The Labute approximate surface area is 151 Å². The van der Waals surface area contributed by atoms with E-state index in [1.807, 2.05) is 0 Å². The SMILES string of the molecule is O=C(c1ccccc1)c1ccc([B-](F)(F)F)cc1.[K+]. The molecule has 0 radical (unpaired) electrons. The summed E-state index contributed by atoms with van der Waals surface area (Å²) in [6.07, 6.45) is 0. The van der Waals surface area contributed by atoms with Gasteiger partial charge in [0, 0.05) is 11.1 Å². The number of benzene rings is 2. The quantitative estimate of drug-likeness (QED) is 0.573. The van der Waals surface area contributed by atoms with Crippen LogP contribution in [0.3, 0.4) is 0 Å². The number of carbonyl (C=O) groups excluding carboxylic acids is 1. The number of hydrogen-bond donors (Lipinski definition) is 0. The second kappa shape index (κ2) is 6.86. The number of carbonyl (C=O) groups is 1. The first-order valence-electron chi connectivity index (χ1n) is 5.38. The Morgan fingerprint density at radius 3 is 1.74 bits per heavy atom. The van der Waals surface area contributed by atoms with Gasteiger partial charge in [-0.15, -0.1) is 5.46 Å². The second-order valence-corrected chi connectivity index (χ2v) is 3.89. The average Bonchev–Trinajstić information content (AvgIpc) is 2.38. The summed E-state index contributed by atoms with van der Waals surface area (Å²) in [5.74, 6) is -0.281. The first-order valence-corrected chi connectivity index (χ1v) is 5.38. The van der Waals surface area contributed by atoms with Gasteiger partial charge in [-0.1, -0.05) is 54.6 Å². The first kappa shape index (κ1) is 16.7. The molecule has 0 bridgehead atoms. The number of ketones is 1. The van der Waals surface area contributed by atoms with Crippen LogP contribution in [0.1, 0.15) is 15.9 Å². The van der Waals surface area contributed by atoms with E-state index in [2.05, 4.69) is 0 Å². The smallest absolute Gasteiger partial charge is 0.445 e. The Bertz CT molecular complexity index is 552. The summed E-state index contributed by atoms with van der Waals surface area (Å²) in [5.41, 5.74) is 0.0207. The van der Waals surface area contributed by atoms with Gasteiger partial charge in [-0.2, -0.15) is 0 Å². The van der Waals surface area contributed by atoms with Gasteiger partial charge in [0.25, 0.3) is 0 Å². The van der Waals surface area contributed by atoms with Crippen LogP contribution in [0.2, 0.25) is 0 Å². The second-order valence-electron chi connectivity index (χ2n) is 3.89. The molecule has 1 nitrogen and oxygen atoms in total. The monoisotopic (exact) mass is 288 g/mol. The molecule has 2 aromatic rings. The van der Waals surface area contributed by atoms with Crippen molar-refractivity contribution in [3.05, 3.63) is 65.7 Å². The molecule has 92 valence electrons. The van der Waals surface area contributed by atoms with E-state index in [-0.39, 0.29) is 62.7 Å². The third-order valence-electron chi connectivity index (χ3n) is 2.59. The first-order chi connectivity index (χ1) is 8.48. The minimum atomic E-state index is -5.01. The third-order valence-corrected chi connectivity index (χ3v) is 2.59. The molecule has 0 amide bonds. The maximum atomic E-state index is 12.4. The van der Waals surface area contributed by atoms with Gasteiger partial charge in [-0.05, 0) is 0 Å². The summed E-state index contributed by atoms with van der Waals surface area (Å²) in [5, 5.41) is 0. The van der Waals surface area contributed by atoms with Crippen molar-refractivity contribution in [2.45, 2.75) is 0 Å². The molecular weight excluding hydrogens is 279 g/mol. The Hall–Kier alpha value is -0.399. The zero-order valence-corrected chi connectivity index (χ0v) is 13.4. The molecule has 6 heteroatoms. The number of hydrogen-bond acceptors (Lipinski definition) is 1. The zero-order valence-electron chi connectivity index (χ0n) is 10.3. The minimum absolute atomic E-state index is 0. The summed E-state index contributed by atoms with van der Waals surface area (Å²) < 4.78 is 37.3. The van der Waals surface area contributed by atoms with Crippen molar-refractivity contribution in [1.29, 1.82) is 0 Å². The Balaban J connectivity index is 0.00000180. The van der Waals surface area contributed by atoms with Crippen molar-refractivity contribution in [2.24, 2.45) is 0 Å². The van der Waals surface area contributed by atoms with Crippen molar-refractivity contribution in [1.82, 2.24) is 0 Å². The van der Waals surface area contributed by atoms with Crippen LogP contribution >= 0.6 is 0 Å². The van der Waals surface area contributed by atoms with Crippen LogP contribution in [0, 0.1) is 0 Å².